The Hall–Kier alpha value is -1.78. The fraction of sp³-hybridized carbons (Fsp3) is 0.312. The van der Waals surface area contributed by atoms with Gasteiger partial charge in [0.15, 0.2) is 0 Å². The molecule has 3 N–H and O–H groups in total. The van der Waals surface area contributed by atoms with Crippen molar-refractivity contribution in [2.24, 2.45) is 11.1 Å². The summed E-state index contributed by atoms with van der Waals surface area (Å²) in [5.41, 5.74) is 6.27. The van der Waals surface area contributed by atoms with Gasteiger partial charge in [0.2, 0.25) is 0 Å². The van der Waals surface area contributed by atoms with Gasteiger partial charge in [-0.25, -0.2) is 0 Å². The van der Waals surface area contributed by atoms with Gasteiger partial charge in [-0.15, -0.1) is 12.4 Å². The Bertz CT molecular complexity index is 655. The minimum atomic E-state index is -0.806. The number of hydrogen-bond donors (Lipinski definition) is 2. The number of aromatic hydroxyl groups is 1. The molecule has 0 radical (unpaired) electrons. The van der Waals surface area contributed by atoms with Crippen LogP contribution < -0.4 is 5.73 Å². The Balaban J connectivity index is 0.00000220. The Morgan fingerprint density at radius 3 is 2.38 bits per heavy atom. The van der Waals surface area contributed by atoms with Crippen LogP contribution in [0.2, 0.25) is 0 Å². The van der Waals surface area contributed by atoms with E-state index in [4.69, 9.17) is 10.5 Å². The molecule has 0 aromatic heterocycles. The second-order valence-electron chi connectivity index (χ2n) is 5.48. The van der Waals surface area contributed by atoms with E-state index in [9.17, 15) is 9.90 Å². The second-order valence-corrected chi connectivity index (χ2v) is 5.48. The van der Waals surface area contributed by atoms with E-state index in [0.717, 1.165) is 16.3 Å². The third-order valence-electron chi connectivity index (χ3n) is 3.70. The van der Waals surface area contributed by atoms with Crippen LogP contribution in [0.1, 0.15) is 25.5 Å². The van der Waals surface area contributed by atoms with Gasteiger partial charge in [0, 0.05) is 6.04 Å². The number of ether oxygens (including phenoxy) is 1. The number of nitrogens with two attached hydrogens (primary N) is 1. The molecule has 1 atom stereocenters. The first-order valence-electron chi connectivity index (χ1n) is 6.43. The molecule has 0 saturated heterocycles. The van der Waals surface area contributed by atoms with Crippen molar-refractivity contribution in [1.29, 1.82) is 0 Å². The van der Waals surface area contributed by atoms with Crippen molar-refractivity contribution in [1.82, 2.24) is 0 Å². The molecule has 4 nitrogen and oxygen atoms in total. The van der Waals surface area contributed by atoms with E-state index < -0.39 is 11.5 Å². The van der Waals surface area contributed by atoms with Crippen molar-refractivity contribution < 1.29 is 14.6 Å². The Morgan fingerprint density at radius 2 is 1.76 bits per heavy atom. The molecule has 0 aliphatic carbocycles. The zero-order valence-corrected chi connectivity index (χ0v) is 13.1. The second kappa shape index (κ2) is 6.33. The maximum absolute atomic E-state index is 11.8. The molecular formula is C16H20ClNO3. The summed E-state index contributed by atoms with van der Waals surface area (Å²) in [6.07, 6.45) is 0. The van der Waals surface area contributed by atoms with Crippen molar-refractivity contribution in [2.75, 3.05) is 7.11 Å². The molecule has 0 bridgehead atoms. The van der Waals surface area contributed by atoms with Gasteiger partial charge < -0.3 is 15.6 Å². The number of benzene rings is 2. The fourth-order valence-corrected chi connectivity index (χ4v) is 2.25. The molecule has 0 saturated carbocycles. The van der Waals surface area contributed by atoms with Crippen LogP contribution in [0.4, 0.5) is 0 Å². The fourth-order valence-electron chi connectivity index (χ4n) is 2.25. The van der Waals surface area contributed by atoms with Crippen molar-refractivity contribution >= 4 is 29.1 Å². The number of esters is 1. The number of halogens is 1. The summed E-state index contributed by atoms with van der Waals surface area (Å²) in [6, 6.07) is 10.4. The molecular weight excluding hydrogens is 290 g/mol. The molecule has 0 unspecified atom stereocenters. The van der Waals surface area contributed by atoms with Gasteiger partial charge in [-0.3, -0.25) is 4.79 Å². The first kappa shape index (κ1) is 17.3. The summed E-state index contributed by atoms with van der Waals surface area (Å²) in [5.74, 6) is -0.111. The highest BCUT2D eigenvalue weighted by molar-refractivity contribution is 5.85. The van der Waals surface area contributed by atoms with E-state index in [1.54, 1.807) is 26.0 Å². The maximum Gasteiger partial charge on any atom is 0.313 e. The van der Waals surface area contributed by atoms with Crippen LogP contribution in [0.25, 0.3) is 10.8 Å². The van der Waals surface area contributed by atoms with E-state index in [1.165, 1.54) is 7.11 Å². The van der Waals surface area contributed by atoms with Crippen molar-refractivity contribution in [3.05, 3.63) is 42.0 Å². The van der Waals surface area contributed by atoms with E-state index in [-0.39, 0.29) is 24.1 Å². The topological polar surface area (TPSA) is 72.5 Å². The number of carbonyl (C=O) groups excluding carboxylic acids is 1. The monoisotopic (exact) mass is 309 g/mol. The zero-order chi connectivity index (χ0) is 14.9. The van der Waals surface area contributed by atoms with Crippen LogP contribution in [0.5, 0.6) is 5.75 Å². The van der Waals surface area contributed by atoms with Crippen molar-refractivity contribution in [2.45, 2.75) is 19.9 Å². The number of hydrogen-bond acceptors (Lipinski definition) is 4. The number of fused-ring (bicyclic) bond motifs is 1. The van der Waals surface area contributed by atoms with Crippen LogP contribution >= 0.6 is 12.4 Å². The summed E-state index contributed by atoms with van der Waals surface area (Å²) in [7, 11) is 1.36. The summed E-state index contributed by atoms with van der Waals surface area (Å²) in [4.78, 5) is 11.8. The molecule has 0 spiro atoms. The van der Waals surface area contributed by atoms with Crippen LogP contribution in [-0.4, -0.2) is 18.2 Å². The number of carbonyl (C=O) groups is 1. The molecule has 2 aromatic carbocycles. The summed E-state index contributed by atoms with van der Waals surface area (Å²) < 4.78 is 4.81. The van der Waals surface area contributed by atoms with Crippen LogP contribution in [0.3, 0.4) is 0 Å². The molecule has 21 heavy (non-hydrogen) atoms. The number of rotatable bonds is 3. The van der Waals surface area contributed by atoms with E-state index in [2.05, 4.69) is 0 Å². The predicted molar refractivity (Wildman–Crippen MR) is 85.6 cm³/mol. The predicted octanol–water partition coefficient (Wildman–Crippen LogP) is 3.17. The average molecular weight is 310 g/mol. The van der Waals surface area contributed by atoms with E-state index in [1.807, 2.05) is 24.3 Å². The molecule has 0 heterocycles. The molecule has 0 aliphatic heterocycles. The van der Waals surface area contributed by atoms with Crippen molar-refractivity contribution in [3.8, 4) is 5.75 Å². The third-order valence-corrected chi connectivity index (χ3v) is 3.70. The van der Waals surface area contributed by atoms with Crippen molar-refractivity contribution in [3.63, 3.8) is 0 Å². The first-order valence-corrected chi connectivity index (χ1v) is 6.43. The molecule has 0 amide bonds. The minimum absolute atomic E-state index is 0. The SMILES string of the molecule is COC(=O)C(C)(C)[C@H](N)c1ccc2cc(O)ccc2c1.Cl. The number of phenolic OH excluding ortho intramolecular Hbond substituents is 1. The van der Waals surface area contributed by atoms with Crippen LogP contribution in [0.15, 0.2) is 36.4 Å². The van der Waals surface area contributed by atoms with Crippen LogP contribution in [0, 0.1) is 5.41 Å². The highest BCUT2D eigenvalue weighted by Gasteiger charge is 2.36. The average Bonchev–Trinajstić information content (AvgIpc) is 2.44. The minimum Gasteiger partial charge on any atom is -0.508 e. The largest absolute Gasteiger partial charge is 0.508 e. The first-order chi connectivity index (χ1) is 9.36. The standard InChI is InChI=1S/C16H19NO3.ClH/c1-16(2,15(19)20-3)14(17)12-5-4-11-9-13(18)7-6-10(11)8-12;/h4-9,14,18H,17H2,1-3H3;1H/t14-;/m1./s1. The lowest BCUT2D eigenvalue weighted by Crippen LogP contribution is -2.37. The Labute approximate surface area is 130 Å². The zero-order valence-electron chi connectivity index (χ0n) is 12.3. The lowest BCUT2D eigenvalue weighted by Gasteiger charge is -2.29. The maximum atomic E-state index is 11.8. The molecule has 2 aromatic rings. The lowest BCUT2D eigenvalue weighted by atomic mass is 9.80. The summed E-state index contributed by atoms with van der Waals surface area (Å²) in [6.45, 7) is 3.54. The normalized spacial score (nSPS) is 12.6. The van der Waals surface area contributed by atoms with Gasteiger partial charge in [0.05, 0.1) is 12.5 Å². The van der Waals surface area contributed by atoms with Gasteiger partial charge in [-0.1, -0.05) is 18.2 Å². The number of phenols is 1. The van der Waals surface area contributed by atoms with E-state index >= 15 is 0 Å². The van der Waals surface area contributed by atoms with Gasteiger partial charge in [-0.05, 0) is 48.4 Å². The highest BCUT2D eigenvalue weighted by atomic mass is 35.5. The summed E-state index contributed by atoms with van der Waals surface area (Å²) >= 11 is 0. The van der Waals surface area contributed by atoms with Gasteiger partial charge in [-0.2, -0.15) is 0 Å². The number of methoxy groups -OCH3 is 1. The van der Waals surface area contributed by atoms with Gasteiger partial charge in [0.25, 0.3) is 0 Å². The Kier molecular flexibility index (Phi) is 5.20. The molecule has 2 rings (SSSR count). The smallest absolute Gasteiger partial charge is 0.313 e. The van der Waals surface area contributed by atoms with Gasteiger partial charge >= 0.3 is 5.97 Å². The lowest BCUT2D eigenvalue weighted by molar-refractivity contribution is -0.152. The summed E-state index contributed by atoms with van der Waals surface area (Å²) in [5, 5.41) is 11.4. The molecule has 0 aliphatic rings. The third kappa shape index (κ3) is 3.28. The quantitative estimate of drug-likeness (QED) is 0.854. The van der Waals surface area contributed by atoms with E-state index in [0.29, 0.717) is 0 Å². The van der Waals surface area contributed by atoms with Crippen LogP contribution in [-0.2, 0) is 9.53 Å². The highest BCUT2D eigenvalue weighted by Crippen LogP contribution is 2.34. The molecule has 5 heteroatoms. The molecule has 114 valence electrons. The van der Waals surface area contributed by atoms with Gasteiger partial charge in [0.1, 0.15) is 5.75 Å². The molecule has 0 fully saturated rings. The Morgan fingerprint density at radius 1 is 1.19 bits per heavy atom.